The van der Waals surface area contributed by atoms with Crippen LogP contribution in [0.1, 0.15) is 53.4 Å². The molecule has 1 fully saturated rings. The molecule has 0 aromatic carbocycles. The number of carbonyl (C=O) groups is 2. The number of nitrogens with one attached hydrogen (secondary N) is 1. The van der Waals surface area contributed by atoms with Gasteiger partial charge in [-0.2, -0.15) is 13.2 Å². The van der Waals surface area contributed by atoms with Crippen LogP contribution in [0.2, 0.25) is 0 Å². The van der Waals surface area contributed by atoms with Crippen LogP contribution >= 0.6 is 0 Å². The van der Waals surface area contributed by atoms with E-state index in [1.807, 2.05) is 0 Å². The molecule has 27 heavy (non-hydrogen) atoms. The second kappa shape index (κ2) is 10.1. The van der Waals surface area contributed by atoms with Crippen molar-refractivity contribution in [2.75, 3.05) is 6.61 Å². The lowest BCUT2D eigenvalue weighted by Gasteiger charge is -2.25. The van der Waals surface area contributed by atoms with Gasteiger partial charge in [0.15, 0.2) is 6.29 Å². The summed E-state index contributed by atoms with van der Waals surface area (Å²) < 4.78 is 53.7. The number of rotatable bonds is 7. The molecule has 1 rings (SSSR count). The maximum absolute atomic E-state index is 12.5. The molecule has 0 radical (unpaired) electrons. The van der Waals surface area contributed by atoms with E-state index in [1.165, 1.54) is 6.08 Å². The molecule has 0 aliphatic carbocycles. The Labute approximate surface area is 157 Å². The maximum atomic E-state index is 12.5. The summed E-state index contributed by atoms with van der Waals surface area (Å²) in [7, 11) is 0. The van der Waals surface area contributed by atoms with Crippen molar-refractivity contribution in [2.24, 2.45) is 0 Å². The van der Waals surface area contributed by atoms with Crippen molar-refractivity contribution < 1.29 is 37.0 Å². The molecule has 9 heteroatoms. The Hall–Kier alpha value is -1.61. The summed E-state index contributed by atoms with van der Waals surface area (Å²) in [6, 6.07) is -1.45. The van der Waals surface area contributed by atoms with Crippen LogP contribution in [0.3, 0.4) is 0 Å². The van der Waals surface area contributed by atoms with Crippen LogP contribution in [0, 0.1) is 0 Å². The Kier molecular flexibility index (Phi) is 8.74. The van der Waals surface area contributed by atoms with E-state index in [1.54, 1.807) is 39.1 Å². The molecular weight excluding hydrogens is 367 g/mol. The molecule has 0 aromatic rings. The van der Waals surface area contributed by atoms with Gasteiger partial charge in [0.2, 0.25) is 0 Å². The van der Waals surface area contributed by atoms with Crippen LogP contribution in [0.15, 0.2) is 12.2 Å². The van der Waals surface area contributed by atoms with Crippen LogP contribution in [-0.4, -0.2) is 48.7 Å². The molecule has 156 valence electrons. The fourth-order valence-electron chi connectivity index (χ4n) is 2.34. The van der Waals surface area contributed by atoms with Crippen LogP contribution in [0.25, 0.3) is 0 Å². The highest BCUT2D eigenvalue weighted by molar-refractivity contribution is 5.87. The molecule has 6 nitrogen and oxygen atoms in total. The standard InChI is InChI=1S/C18H28F3NO5/c1-12(26-14-10-5-6-11-25-14)8-7-9-13(15(23)27-17(2,3)4)22-16(24)18(19,20)21/h7-8,12-14H,5-6,9-11H2,1-4H3,(H,22,24)/b8-7-/t12-,13+,14?/m0/s1. The van der Waals surface area contributed by atoms with E-state index in [-0.39, 0.29) is 18.8 Å². The van der Waals surface area contributed by atoms with E-state index in [0.29, 0.717) is 6.61 Å². The first-order chi connectivity index (χ1) is 12.4. The normalized spacial score (nSPS) is 20.9. The molecule has 1 aliphatic rings. The third kappa shape index (κ3) is 9.76. The van der Waals surface area contributed by atoms with Gasteiger partial charge in [-0.15, -0.1) is 0 Å². The summed E-state index contributed by atoms with van der Waals surface area (Å²) in [4.78, 5) is 23.3. The molecule has 0 bridgehead atoms. The average molecular weight is 395 g/mol. The summed E-state index contributed by atoms with van der Waals surface area (Å²) >= 11 is 0. The zero-order valence-electron chi connectivity index (χ0n) is 16.1. The Bertz CT molecular complexity index is 522. The SMILES string of the molecule is C[C@@H](/C=C\C[C@@H](NC(=O)C(F)(F)F)C(=O)OC(C)(C)C)OC1CCCCO1. The van der Waals surface area contributed by atoms with Crippen LogP contribution in [0.4, 0.5) is 13.2 Å². The van der Waals surface area contributed by atoms with Crippen molar-refractivity contribution in [1.29, 1.82) is 0 Å². The third-order valence-corrected chi connectivity index (χ3v) is 3.54. The van der Waals surface area contributed by atoms with Gasteiger partial charge in [0.05, 0.1) is 6.10 Å². The number of amides is 1. The van der Waals surface area contributed by atoms with Gasteiger partial charge in [0, 0.05) is 6.61 Å². The monoisotopic (exact) mass is 395 g/mol. The van der Waals surface area contributed by atoms with Crippen LogP contribution < -0.4 is 5.32 Å². The zero-order valence-corrected chi connectivity index (χ0v) is 16.1. The molecule has 0 saturated carbocycles. The van der Waals surface area contributed by atoms with Gasteiger partial charge in [0.25, 0.3) is 0 Å². The first kappa shape index (κ1) is 23.4. The minimum absolute atomic E-state index is 0.157. The zero-order chi connectivity index (χ0) is 20.7. The van der Waals surface area contributed by atoms with Gasteiger partial charge >= 0.3 is 18.1 Å². The van der Waals surface area contributed by atoms with Crippen molar-refractivity contribution >= 4 is 11.9 Å². The number of hydrogen-bond acceptors (Lipinski definition) is 5. The number of ether oxygens (including phenoxy) is 3. The number of carbonyl (C=O) groups excluding carboxylic acids is 2. The van der Waals surface area contributed by atoms with Gasteiger partial charge in [-0.05, 0) is 53.4 Å². The maximum Gasteiger partial charge on any atom is 0.471 e. The predicted octanol–water partition coefficient (Wildman–Crippen LogP) is 3.25. The Balaban J connectivity index is 2.65. The van der Waals surface area contributed by atoms with E-state index in [4.69, 9.17) is 14.2 Å². The largest absolute Gasteiger partial charge is 0.471 e. The lowest BCUT2D eigenvalue weighted by atomic mass is 10.1. The third-order valence-electron chi connectivity index (χ3n) is 3.54. The van der Waals surface area contributed by atoms with Gasteiger partial charge in [-0.1, -0.05) is 12.2 Å². The molecule has 0 aromatic heterocycles. The molecule has 1 saturated heterocycles. The summed E-state index contributed by atoms with van der Waals surface area (Å²) in [5.41, 5.74) is -0.892. The average Bonchev–Trinajstić information content (AvgIpc) is 2.52. The van der Waals surface area contributed by atoms with Crippen molar-refractivity contribution in [2.45, 2.75) is 83.6 Å². The van der Waals surface area contributed by atoms with Crippen molar-refractivity contribution in [3.63, 3.8) is 0 Å². The summed E-state index contributed by atoms with van der Waals surface area (Å²) in [5.74, 6) is -3.12. The fourth-order valence-corrected chi connectivity index (χ4v) is 2.34. The summed E-state index contributed by atoms with van der Waals surface area (Å²) in [6.07, 6.45) is -0.0509. The van der Waals surface area contributed by atoms with E-state index in [2.05, 4.69) is 0 Å². The number of hydrogen-bond donors (Lipinski definition) is 1. The lowest BCUT2D eigenvalue weighted by Crippen LogP contribution is -2.48. The highest BCUT2D eigenvalue weighted by atomic mass is 19.4. The molecular formula is C18H28F3NO5. The number of esters is 1. The van der Waals surface area contributed by atoms with Crippen molar-refractivity contribution in [1.82, 2.24) is 5.32 Å². The summed E-state index contributed by atoms with van der Waals surface area (Å²) in [5, 5.41) is 1.68. The van der Waals surface area contributed by atoms with E-state index < -0.39 is 29.7 Å². The topological polar surface area (TPSA) is 73.9 Å². The number of halogens is 3. The van der Waals surface area contributed by atoms with Crippen molar-refractivity contribution in [3.8, 4) is 0 Å². The molecule has 1 aliphatic heterocycles. The Morgan fingerprint density at radius 1 is 1.26 bits per heavy atom. The second-order valence-corrected chi connectivity index (χ2v) is 7.36. The van der Waals surface area contributed by atoms with E-state index >= 15 is 0 Å². The molecule has 1 heterocycles. The van der Waals surface area contributed by atoms with E-state index in [9.17, 15) is 22.8 Å². The van der Waals surface area contributed by atoms with Gasteiger partial charge < -0.3 is 19.5 Å². The quantitative estimate of drug-likeness (QED) is 0.529. The van der Waals surface area contributed by atoms with Gasteiger partial charge in [-0.3, -0.25) is 4.79 Å². The van der Waals surface area contributed by atoms with Crippen molar-refractivity contribution in [3.05, 3.63) is 12.2 Å². The first-order valence-electron chi connectivity index (χ1n) is 8.93. The minimum atomic E-state index is -5.08. The van der Waals surface area contributed by atoms with Gasteiger partial charge in [0.1, 0.15) is 11.6 Å². The smallest absolute Gasteiger partial charge is 0.458 e. The highest BCUT2D eigenvalue weighted by Gasteiger charge is 2.41. The molecule has 1 N–H and O–H groups in total. The summed E-state index contributed by atoms with van der Waals surface area (Å²) in [6.45, 7) is 7.15. The Morgan fingerprint density at radius 2 is 1.93 bits per heavy atom. The molecule has 1 amide bonds. The fraction of sp³-hybridized carbons (Fsp3) is 0.778. The second-order valence-electron chi connectivity index (χ2n) is 7.36. The lowest BCUT2D eigenvalue weighted by molar-refractivity contribution is -0.177. The predicted molar refractivity (Wildman–Crippen MR) is 91.7 cm³/mol. The van der Waals surface area contributed by atoms with Crippen LogP contribution in [0.5, 0.6) is 0 Å². The highest BCUT2D eigenvalue weighted by Crippen LogP contribution is 2.18. The molecule has 3 atom stereocenters. The number of alkyl halides is 3. The molecule has 1 unspecified atom stereocenters. The minimum Gasteiger partial charge on any atom is -0.458 e. The first-order valence-corrected chi connectivity index (χ1v) is 8.93. The van der Waals surface area contributed by atoms with E-state index in [0.717, 1.165) is 19.3 Å². The van der Waals surface area contributed by atoms with Crippen LogP contribution in [-0.2, 0) is 23.8 Å². The Morgan fingerprint density at radius 3 is 2.44 bits per heavy atom. The molecule has 0 spiro atoms. The van der Waals surface area contributed by atoms with Gasteiger partial charge in [-0.25, -0.2) is 4.79 Å².